The minimum Gasteiger partial charge on any atom is -0.394 e. The number of anilines is 2. The summed E-state index contributed by atoms with van der Waals surface area (Å²) in [7, 11) is 0. The zero-order chi connectivity index (χ0) is 25.7. The van der Waals surface area contributed by atoms with Gasteiger partial charge in [0.15, 0.2) is 11.6 Å². The van der Waals surface area contributed by atoms with Gasteiger partial charge in [-0.05, 0) is 36.4 Å². The van der Waals surface area contributed by atoms with Crippen LogP contribution in [-0.4, -0.2) is 38.2 Å². The highest BCUT2D eigenvalue weighted by atomic mass is 19.2. The van der Waals surface area contributed by atoms with Crippen molar-refractivity contribution in [2.45, 2.75) is 25.4 Å². The van der Waals surface area contributed by atoms with Gasteiger partial charge in [0.25, 0.3) is 5.56 Å². The Balaban J connectivity index is 1.58. The molecule has 0 amide bonds. The van der Waals surface area contributed by atoms with Crippen LogP contribution in [-0.2, 0) is 6.54 Å². The Labute approximate surface area is 210 Å². The standard InChI is InChI=1S/C27H25F2N7O/c28-20-8-7-18(12-21(20)29)36-25-24(23(31)26(36)34-11-3-5-17(30)13-34)33-15-35(27(25)37)14-22-19-6-2-1-4-16(19)9-10-32-22/h1-2,4,6-10,12,15,17H,3,5,11,13-14,30-31H2. The highest BCUT2D eigenvalue weighted by Crippen LogP contribution is 2.37. The molecular weight excluding hydrogens is 476 g/mol. The van der Waals surface area contributed by atoms with Crippen molar-refractivity contribution in [3.63, 3.8) is 0 Å². The fraction of sp³-hybridized carbons (Fsp3) is 0.222. The first-order chi connectivity index (χ1) is 17.9. The molecule has 6 rings (SSSR count). The molecule has 4 heterocycles. The Hall–Kier alpha value is -4.31. The quantitative estimate of drug-likeness (QED) is 0.390. The molecule has 1 atom stereocenters. The summed E-state index contributed by atoms with van der Waals surface area (Å²) in [6.45, 7) is 1.35. The summed E-state index contributed by atoms with van der Waals surface area (Å²) < 4.78 is 31.2. The third-order valence-corrected chi connectivity index (χ3v) is 6.94. The number of nitrogens with zero attached hydrogens (tertiary/aromatic N) is 5. The molecule has 1 fully saturated rings. The summed E-state index contributed by atoms with van der Waals surface area (Å²) in [5.74, 6) is -1.50. The number of fused-ring (bicyclic) bond motifs is 2. The van der Waals surface area contributed by atoms with E-state index >= 15 is 0 Å². The summed E-state index contributed by atoms with van der Waals surface area (Å²) in [6, 6.07) is 13.1. The molecule has 0 saturated carbocycles. The van der Waals surface area contributed by atoms with Crippen molar-refractivity contribution in [3.05, 3.63) is 88.7 Å². The number of benzene rings is 2. The number of pyridine rings is 1. The van der Waals surface area contributed by atoms with Crippen LogP contribution in [0.3, 0.4) is 0 Å². The number of rotatable bonds is 4. The summed E-state index contributed by atoms with van der Waals surface area (Å²) in [6.07, 6.45) is 4.86. The smallest absolute Gasteiger partial charge is 0.278 e. The second-order valence-corrected chi connectivity index (χ2v) is 9.37. The topological polar surface area (TPSA) is 108 Å². The lowest BCUT2D eigenvalue weighted by Crippen LogP contribution is -2.43. The third-order valence-electron chi connectivity index (χ3n) is 6.94. The van der Waals surface area contributed by atoms with E-state index in [0.717, 1.165) is 35.7 Å². The third kappa shape index (κ3) is 3.89. The molecule has 1 saturated heterocycles. The van der Waals surface area contributed by atoms with Crippen molar-refractivity contribution >= 4 is 33.3 Å². The molecule has 0 radical (unpaired) electrons. The van der Waals surface area contributed by atoms with E-state index in [1.54, 1.807) is 10.8 Å². The molecule has 188 valence electrons. The van der Waals surface area contributed by atoms with E-state index < -0.39 is 11.6 Å². The molecule has 1 aliphatic heterocycles. The van der Waals surface area contributed by atoms with Crippen LogP contribution in [0.2, 0.25) is 0 Å². The molecular formula is C27H25F2N7O. The van der Waals surface area contributed by atoms with Gasteiger partial charge in [-0.1, -0.05) is 24.3 Å². The monoisotopic (exact) mass is 501 g/mol. The van der Waals surface area contributed by atoms with Crippen molar-refractivity contribution in [2.75, 3.05) is 23.7 Å². The van der Waals surface area contributed by atoms with E-state index in [1.807, 2.05) is 35.2 Å². The van der Waals surface area contributed by atoms with Crippen molar-refractivity contribution in [1.29, 1.82) is 0 Å². The lowest BCUT2D eigenvalue weighted by Gasteiger charge is -2.33. The molecule has 3 aromatic heterocycles. The van der Waals surface area contributed by atoms with Crippen molar-refractivity contribution in [1.82, 2.24) is 19.1 Å². The van der Waals surface area contributed by atoms with Crippen LogP contribution in [0.25, 0.3) is 27.5 Å². The van der Waals surface area contributed by atoms with E-state index in [2.05, 4.69) is 9.97 Å². The fourth-order valence-electron chi connectivity index (χ4n) is 5.18. The van der Waals surface area contributed by atoms with Gasteiger partial charge in [0, 0.05) is 36.8 Å². The van der Waals surface area contributed by atoms with Crippen molar-refractivity contribution in [3.8, 4) is 5.69 Å². The number of halogens is 2. The van der Waals surface area contributed by atoms with E-state index in [4.69, 9.17) is 11.5 Å². The maximum Gasteiger partial charge on any atom is 0.278 e. The lowest BCUT2D eigenvalue weighted by molar-refractivity contribution is 0.501. The molecule has 8 nitrogen and oxygen atoms in total. The van der Waals surface area contributed by atoms with Gasteiger partial charge in [0.1, 0.15) is 22.5 Å². The summed E-state index contributed by atoms with van der Waals surface area (Å²) in [5, 5.41) is 1.93. The maximum atomic E-state index is 14.4. The second-order valence-electron chi connectivity index (χ2n) is 9.37. The van der Waals surface area contributed by atoms with Crippen LogP contribution >= 0.6 is 0 Å². The van der Waals surface area contributed by atoms with Gasteiger partial charge in [0.05, 0.1) is 24.3 Å². The molecule has 10 heteroatoms. The number of hydrogen-bond donors (Lipinski definition) is 2. The molecule has 2 aromatic carbocycles. The Morgan fingerprint density at radius 2 is 1.89 bits per heavy atom. The van der Waals surface area contributed by atoms with Crippen LogP contribution in [0.4, 0.5) is 20.3 Å². The van der Waals surface area contributed by atoms with E-state index in [0.29, 0.717) is 35.8 Å². The minimum atomic E-state index is -1.02. The number of aromatic nitrogens is 4. The van der Waals surface area contributed by atoms with Crippen LogP contribution in [0.5, 0.6) is 0 Å². The number of nitrogens with two attached hydrogens (primary N) is 2. The first-order valence-electron chi connectivity index (χ1n) is 12.1. The number of nitrogen functional groups attached to an aromatic ring is 1. The van der Waals surface area contributed by atoms with Gasteiger partial charge in [-0.25, -0.2) is 13.8 Å². The van der Waals surface area contributed by atoms with Crippen LogP contribution in [0, 0.1) is 11.6 Å². The Morgan fingerprint density at radius 3 is 2.70 bits per heavy atom. The van der Waals surface area contributed by atoms with E-state index in [9.17, 15) is 13.6 Å². The van der Waals surface area contributed by atoms with Crippen LogP contribution in [0.1, 0.15) is 18.5 Å². The zero-order valence-corrected chi connectivity index (χ0v) is 19.9. The average Bonchev–Trinajstić information content (AvgIpc) is 3.20. The van der Waals surface area contributed by atoms with Gasteiger partial charge < -0.3 is 16.4 Å². The van der Waals surface area contributed by atoms with Crippen molar-refractivity contribution < 1.29 is 8.78 Å². The predicted octanol–water partition coefficient (Wildman–Crippen LogP) is 3.57. The molecule has 4 N–H and O–H groups in total. The summed E-state index contributed by atoms with van der Waals surface area (Å²) >= 11 is 0. The predicted molar refractivity (Wildman–Crippen MR) is 140 cm³/mol. The molecule has 0 aliphatic carbocycles. The molecule has 1 aliphatic rings. The maximum absolute atomic E-state index is 14.4. The van der Waals surface area contributed by atoms with Crippen molar-refractivity contribution in [2.24, 2.45) is 5.73 Å². The fourth-order valence-corrected chi connectivity index (χ4v) is 5.18. The molecule has 5 aromatic rings. The van der Waals surface area contributed by atoms with Gasteiger partial charge in [0.2, 0.25) is 0 Å². The van der Waals surface area contributed by atoms with Crippen LogP contribution < -0.4 is 21.9 Å². The van der Waals surface area contributed by atoms with Gasteiger partial charge >= 0.3 is 0 Å². The second kappa shape index (κ2) is 8.97. The SMILES string of the molecule is Nc1c(N2CCCC(N)C2)n(-c2ccc(F)c(F)c2)c2c(=O)n(Cc3nccc4ccccc34)cnc12. The average molecular weight is 502 g/mol. The molecule has 37 heavy (non-hydrogen) atoms. The largest absolute Gasteiger partial charge is 0.394 e. The Kier molecular flexibility index (Phi) is 5.60. The Bertz CT molecular complexity index is 1710. The van der Waals surface area contributed by atoms with Crippen LogP contribution in [0.15, 0.2) is 65.8 Å². The van der Waals surface area contributed by atoms with Gasteiger partial charge in [-0.15, -0.1) is 0 Å². The molecule has 0 spiro atoms. The highest BCUT2D eigenvalue weighted by Gasteiger charge is 2.28. The summed E-state index contributed by atoms with van der Waals surface area (Å²) in [5.41, 5.74) is 14.2. The normalized spacial score (nSPS) is 16.1. The highest BCUT2D eigenvalue weighted by molar-refractivity contribution is 5.98. The first-order valence-corrected chi connectivity index (χ1v) is 12.1. The summed E-state index contributed by atoms with van der Waals surface area (Å²) in [4.78, 5) is 25.0. The number of piperidine rings is 1. The van der Waals surface area contributed by atoms with E-state index in [-0.39, 0.29) is 29.3 Å². The number of hydrogen-bond acceptors (Lipinski definition) is 6. The van der Waals surface area contributed by atoms with E-state index in [1.165, 1.54) is 17.0 Å². The Morgan fingerprint density at radius 1 is 1.05 bits per heavy atom. The zero-order valence-electron chi connectivity index (χ0n) is 19.9. The minimum absolute atomic E-state index is 0.0772. The molecule has 0 bridgehead atoms. The van der Waals surface area contributed by atoms with Gasteiger partial charge in [-0.3, -0.25) is 18.9 Å². The lowest BCUT2D eigenvalue weighted by atomic mass is 10.1. The molecule has 1 unspecified atom stereocenters. The first kappa shape index (κ1) is 23.1. The van der Waals surface area contributed by atoms with Gasteiger partial charge in [-0.2, -0.15) is 0 Å².